The van der Waals surface area contributed by atoms with Crippen LogP contribution in [0.25, 0.3) is 0 Å². The van der Waals surface area contributed by atoms with Gasteiger partial charge >= 0.3 is 5.97 Å². The third-order valence-electron chi connectivity index (χ3n) is 2.34. The van der Waals surface area contributed by atoms with Crippen LogP contribution in [0.2, 0.25) is 0 Å². The second kappa shape index (κ2) is 5.46. The topological polar surface area (TPSA) is 44.8 Å². The van der Waals surface area contributed by atoms with Crippen LogP contribution in [0.1, 0.15) is 34.1 Å². The number of hydrogen-bond acceptors (Lipinski definition) is 4. The van der Waals surface area contributed by atoms with Gasteiger partial charge < -0.3 is 14.2 Å². The molecule has 16 heavy (non-hydrogen) atoms. The van der Waals surface area contributed by atoms with Crippen molar-refractivity contribution in [2.45, 2.75) is 46.0 Å². The normalized spacial score (nSPS) is 24.5. The van der Waals surface area contributed by atoms with Gasteiger partial charge in [-0.15, -0.1) is 0 Å². The fourth-order valence-electron chi connectivity index (χ4n) is 1.58. The van der Waals surface area contributed by atoms with Crippen molar-refractivity contribution in [3.05, 3.63) is 11.6 Å². The molecule has 0 unspecified atom stereocenters. The predicted octanol–water partition coefficient (Wildman–Crippen LogP) is 2.04. The molecule has 1 heterocycles. The summed E-state index contributed by atoms with van der Waals surface area (Å²) in [7, 11) is 0. The molecule has 1 saturated heterocycles. The second-order valence-electron chi connectivity index (χ2n) is 4.13. The monoisotopic (exact) mass is 228 g/mol. The summed E-state index contributed by atoms with van der Waals surface area (Å²) in [6.45, 7) is 8.31. The minimum Gasteiger partial charge on any atom is -0.463 e. The Morgan fingerprint density at radius 2 is 2.19 bits per heavy atom. The highest BCUT2D eigenvalue weighted by Crippen LogP contribution is 2.24. The summed E-state index contributed by atoms with van der Waals surface area (Å²) in [5, 5.41) is 0. The lowest BCUT2D eigenvalue weighted by molar-refractivity contribution is -0.139. The van der Waals surface area contributed by atoms with Crippen LogP contribution in [0.5, 0.6) is 0 Å². The maximum atomic E-state index is 11.5. The lowest BCUT2D eigenvalue weighted by Crippen LogP contribution is -2.21. The van der Waals surface area contributed by atoms with Gasteiger partial charge in [-0.2, -0.15) is 0 Å². The zero-order chi connectivity index (χ0) is 12.2. The van der Waals surface area contributed by atoms with Crippen molar-refractivity contribution in [1.29, 1.82) is 0 Å². The first-order valence-electron chi connectivity index (χ1n) is 5.68. The minimum absolute atomic E-state index is 0.158. The van der Waals surface area contributed by atoms with Gasteiger partial charge in [0.15, 0.2) is 5.79 Å². The molecule has 1 aliphatic heterocycles. The lowest BCUT2D eigenvalue weighted by atomic mass is 10.1. The van der Waals surface area contributed by atoms with Gasteiger partial charge in [0.1, 0.15) is 6.10 Å². The molecule has 1 fully saturated rings. The molecule has 0 aliphatic carbocycles. The molecule has 1 atom stereocenters. The van der Waals surface area contributed by atoms with E-state index in [1.807, 2.05) is 20.8 Å². The fourth-order valence-corrected chi connectivity index (χ4v) is 1.58. The van der Waals surface area contributed by atoms with Gasteiger partial charge in [-0.3, -0.25) is 0 Å². The van der Waals surface area contributed by atoms with Crippen molar-refractivity contribution in [3.63, 3.8) is 0 Å². The number of carbonyl (C=O) groups excluding carboxylic acids is 1. The molecule has 0 amide bonds. The Morgan fingerprint density at radius 3 is 2.62 bits per heavy atom. The average Bonchev–Trinajstić information content (AvgIpc) is 2.55. The Labute approximate surface area is 96.6 Å². The zero-order valence-corrected chi connectivity index (χ0v) is 10.4. The van der Waals surface area contributed by atoms with Crippen LogP contribution < -0.4 is 0 Å². The molecule has 0 radical (unpaired) electrons. The second-order valence-corrected chi connectivity index (χ2v) is 4.13. The molecule has 0 aromatic rings. The average molecular weight is 228 g/mol. The number of esters is 1. The van der Waals surface area contributed by atoms with E-state index in [4.69, 9.17) is 14.2 Å². The summed E-state index contributed by atoms with van der Waals surface area (Å²) in [5.41, 5.74) is 0.646. The quantitative estimate of drug-likeness (QED) is 0.545. The van der Waals surface area contributed by atoms with E-state index >= 15 is 0 Å². The third kappa shape index (κ3) is 3.61. The highest BCUT2D eigenvalue weighted by molar-refractivity contribution is 5.88. The third-order valence-corrected chi connectivity index (χ3v) is 2.34. The van der Waals surface area contributed by atoms with Gasteiger partial charge in [-0.05, 0) is 33.3 Å². The van der Waals surface area contributed by atoms with Crippen LogP contribution in [-0.4, -0.2) is 31.1 Å². The van der Waals surface area contributed by atoms with E-state index in [9.17, 15) is 4.79 Å². The fraction of sp³-hybridized carbons (Fsp3) is 0.750. The summed E-state index contributed by atoms with van der Waals surface area (Å²) in [5.74, 6) is -0.826. The Morgan fingerprint density at radius 1 is 1.50 bits per heavy atom. The van der Waals surface area contributed by atoms with Crippen molar-refractivity contribution in [2.75, 3.05) is 13.2 Å². The van der Waals surface area contributed by atoms with Gasteiger partial charge in [0.2, 0.25) is 0 Å². The Kier molecular flexibility index (Phi) is 4.50. The summed E-state index contributed by atoms with van der Waals surface area (Å²) < 4.78 is 16.0. The van der Waals surface area contributed by atoms with E-state index in [-0.39, 0.29) is 12.1 Å². The zero-order valence-electron chi connectivity index (χ0n) is 10.4. The number of ether oxygens (including phenoxy) is 3. The van der Waals surface area contributed by atoms with Crippen LogP contribution in [0.4, 0.5) is 0 Å². The number of rotatable bonds is 4. The maximum Gasteiger partial charge on any atom is 0.333 e. The molecule has 92 valence electrons. The highest BCUT2D eigenvalue weighted by Gasteiger charge is 2.32. The molecule has 0 spiro atoms. The van der Waals surface area contributed by atoms with E-state index < -0.39 is 5.79 Å². The Hall–Kier alpha value is -0.870. The summed E-state index contributed by atoms with van der Waals surface area (Å²) in [4.78, 5) is 11.5. The van der Waals surface area contributed by atoms with Gasteiger partial charge in [-0.1, -0.05) is 6.92 Å². The van der Waals surface area contributed by atoms with E-state index in [0.29, 0.717) is 25.2 Å². The number of hydrogen-bond donors (Lipinski definition) is 0. The molecule has 1 aliphatic rings. The van der Waals surface area contributed by atoms with Gasteiger partial charge in [0, 0.05) is 5.57 Å². The lowest BCUT2D eigenvalue weighted by Gasteiger charge is -2.16. The summed E-state index contributed by atoms with van der Waals surface area (Å²) in [6, 6.07) is 0. The smallest absolute Gasteiger partial charge is 0.333 e. The molecular weight excluding hydrogens is 208 g/mol. The summed E-state index contributed by atoms with van der Waals surface area (Å²) in [6.07, 6.45) is 2.28. The predicted molar refractivity (Wildman–Crippen MR) is 59.9 cm³/mol. The van der Waals surface area contributed by atoms with Crippen LogP contribution in [0.3, 0.4) is 0 Å². The van der Waals surface area contributed by atoms with Crippen LogP contribution in [0.15, 0.2) is 11.6 Å². The van der Waals surface area contributed by atoms with Crippen molar-refractivity contribution < 1.29 is 19.0 Å². The molecular formula is C12H20O4. The molecule has 0 saturated carbocycles. The van der Waals surface area contributed by atoms with E-state index in [1.165, 1.54) is 0 Å². The van der Waals surface area contributed by atoms with Crippen LogP contribution >= 0.6 is 0 Å². The van der Waals surface area contributed by atoms with Gasteiger partial charge in [-0.25, -0.2) is 4.79 Å². The summed E-state index contributed by atoms with van der Waals surface area (Å²) >= 11 is 0. The molecule has 0 N–H and O–H groups in total. The van der Waals surface area contributed by atoms with Crippen molar-refractivity contribution in [2.24, 2.45) is 0 Å². The largest absolute Gasteiger partial charge is 0.463 e. The maximum absolute atomic E-state index is 11.5. The molecule has 0 bridgehead atoms. The van der Waals surface area contributed by atoms with Gasteiger partial charge in [0.05, 0.1) is 13.2 Å². The van der Waals surface area contributed by atoms with Crippen molar-refractivity contribution in [3.8, 4) is 0 Å². The first kappa shape index (κ1) is 13.2. The Bertz CT molecular complexity index is 281. The highest BCUT2D eigenvalue weighted by atomic mass is 16.7. The van der Waals surface area contributed by atoms with E-state index in [2.05, 4.69) is 0 Å². The first-order valence-corrected chi connectivity index (χ1v) is 5.68. The van der Waals surface area contributed by atoms with E-state index in [0.717, 1.165) is 0 Å². The first-order chi connectivity index (χ1) is 7.48. The van der Waals surface area contributed by atoms with Crippen molar-refractivity contribution >= 4 is 5.97 Å². The molecule has 4 nitrogen and oxygen atoms in total. The number of carbonyl (C=O) groups is 1. The van der Waals surface area contributed by atoms with Crippen molar-refractivity contribution in [1.82, 2.24) is 0 Å². The Balaban J connectivity index is 2.63. The molecule has 4 heteroatoms. The SMILES string of the molecule is CCOC(=O)/C(=C\[C@H]1COC(C)(C)O1)CC. The standard InChI is InChI=1S/C12H20O4/c1-5-9(11(13)14-6-2)7-10-8-15-12(3,4)16-10/h7,10H,5-6,8H2,1-4H3/b9-7-/t10-/m0/s1. The van der Waals surface area contributed by atoms with Gasteiger partial charge in [0.25, 0.3) is 0 Å². The molecule has 0 aromatic heterocycles. The van der Waals surface area contributed by atoms with E-state index in [1.54, 1.807) is 13.0 Å². The molecule has 1 rings (SSSR count). The van der Waals surface area contributed by atoms with Crippen LogP contribution in [0, 0.1) is 0 Å². The molecule has 0 aromatic carbocycles. The van der Waals surface area contributed by atoms with Crippen LogP contribution in [-0.2, 0) is 19.0 Å². The minimum atomic E-state index is -0.561.